The standard InChI is InChI=1S/C18H18ClNO5S/c1-12(17(21)20-16-6-4-3-5-15(16)19)25-18(22)14-9-7-13(8-10-14)11-26(2,23)24/h3-10,12H,11H2,1-2H3,(H,20,21)/t12-/m1/s1. The van der Waals surface area contributed by atoms with E-state index in [1.54, 1.807) is 24.3 Å². The molecule has 2 rings (SSSR count). The third-order valence-corrected chi connectivity index (χ3v) is 4.59. The molecule has 2 aromatic carbocycles. The molecule has 0 saturated heterocycles. The summed E-state index contributed by atoms with van der Waals surface area (Å²) < 4.78 is 27.7. The lowest BCUT2D eigenvalue weighted by molar-refractivity contribution is -0.123. The average Bonchev–Trinajstić information content (AvgIpc) is 2.56. The monoisotopic (exact) mass is 395 g/mol. The molecule has 1 N–H and O–H groups in total. The van der Waals surface area contributed by atoms with Crippen LogP contribution in [0.3, 0.4) is 0 Å². The summed E-state index contributed by atoms with van der Waals surface area (Å²) in [5.74, 6) is -1.31. The molecule has 138 valence electrons. The van der Waals surface area contributed by atoms with E-state index in [0.717, 1.165) is 6.26 Å². The second kappa shape index (κ2) is 8.33. The molecule has 0 aliphatic heterocycles. The predicted octanol–water partition coefficient (Wildman–Crippen LogP) is 3.07. The summed E-state index contributed by atoms with van der Waals surface area (Å²) in [5, 5.41) is 2.96. The number of hydrogen-bond acceptors (Lipinski definition) is 5. The first-order chi connectivity index (χ1) is 12.2. The van der Waals surface area contributed by atoms with Crippen LogP contribution in [-0.4, -0.2) is 32.7 Å². The molecule has 8 heteroatoms. The van der Waals surface area contributed by atoms with E-state index in [2.05, 4.69) is 5.32 Å². The van der Waals surface area contributed by atoms with Crippen molar-refractivity contribution in [2.75, 3.05) is 11.6 Å². The van der Waals surface area contributed by atoms with Crippen LogP contribution in [0.5, 0.6) is 0 Å². The van der Waals surface area contributed by atoms with Gasteiger partial charge in [-0.1, -0.05) is 35.9 Å². The Bertz CT molecular complexity index is 909. The van der Waals surface area contributed by atoms with Gasteiger partial charge in [0.1, 0.15) is 0 Å². The number of nitrogens with one attached hydrogen (secondary N) is 1. The normalized spacial score (nSPS) is 12.3. The predicted molar refractivity (Wildman–Crippen MR) is 99.9 cm³/mol. The fourth-order valence-electron chi connectivity index (χ4n) is 2.12. The number of benzene rings is 2. The highest BCUT2D eigenvalue weighted by Gasteiger charge is 2.20. The number of carbonyl (C=O) groups excluding carboxylic acids is 2. The first kappa shape index (κ1) is 19.9. The molecular formula is C18H18ClNO5S. The fourth-order valence-corrected chi connectivity index (χ4v) is 3.10. The summed E-state index contributed by atoms with van der Waals surface area (Å²) >= 11 is 5.97. The van der Waals surface area contributed by atoms with Gasteiger partial charge in [-0.15, -0.1) is 0 Å². The van der Waals surface area contributed by atoms with Gasteiger partial charge in [-0.25, -0.2) is 13.2 Å². The molecule has 0 unspecified atom stereocenters. The highest BCUT2D eigenvalue weighted by atomic mass is 35.5. The zero-order valence-electron chi connectivity index (χ0n) is 14.2. The van der Waals surface area contributed by atoms with Gasteiger partial charge < -0.3 is 10.1 Å². The molecule has 1 amide bonds. The van der Waals surface area contributed by atoms with Gasteiger partial charge >= 0.3 is 5.97 Å². The number of anilines is 1. The fraction of sp³-hybridized carbons (Fsp3) is 0.222. The lowest BCUT2D eigenvalue weighted by Crippen LogP contribution is -2.30. The van der Waals surface area contributed by atoms with Gasteiger partial charge in [0, 0.05) is 6.26 Å². The highest BCUT2D eigenvalue weighted by molar-refractivity contribution is 7.89. The quantitative estimate of drug-likeness (QED) is 0.759. The molecule has 0 aliphatic carbocycles. The van der Waals surface area contributed by atoms with Crippen LogP contribution < -0.4 is 5.32 Å². The molecular weight excluding hydrogens is 378 g/mol. The van der Waals surface area contributed by atoms with Crippen LogP contribution in [0.1, 0.15) is 22.8 Å². The Morgan fingerprint density at radius 3 is 2.31 bits per heavy atom. The number of esters is 1. The summed E-state index contributed by atoms with van der Waals surface area (Å²) in [7, 11) is -3.15. The van der Waals surface area contributed by atoms with Crippen molar-refractivity contribution in [1.29, 1.82) is 0 Å². The minimum Gasteiger partial charge on any atom is -0.449 e. The average molecular weight is 396 g/mol. The number of carbonyl (C=O) groups is 2. The topological polar surface area (TPSA) is 89.5 Å². The number of sulfone groups is 1. The van der Waals surface area contributed by atoms with E-state index in [4.69, 9.17) is 16.3 Å². The maximum Gasteiger partial charge on any atom is 0.338 e. The molecule has 6 nitrogen and oxygen atoms in total. The second-order valence-corrected chi connectivity index (χ2v) is 8.33. The van der Waals surface area contributed by atoms with Gasteiger partial charge in [0.15, 0.2) is 15.9 Å². The Balaban J connectivity index is 1.98. The van der Waals surface area contributed by atoms with E-state index in [-0.39, 0.29) is 11.3 Å². The van der Waals surface area contributed by atoms with Gasteiger partial charge in [-0.3, -0.25) is 4.79 Å². The van der Waals surface area contributed by atoms with Gasteiger partial charge in [-0.2, -0.15) is 0 Å². The van der Waals surface area contributed by atoms with Gasteiger partial charge in [-0.05, 0) is 36.8 Å². The van der Waals surface area contributed by atoms with Crippen LogP contribution in [0.4, 0.5) is 5.69 Å². The summed E-state index contributed by atoms with van der Waals surface area (Å²) in [6.07, 6.45) is 0.100. The number of hydrogen-bond donors (Lipinski definition) is 1. The minimum absolute atomic E-state index is 0.112. The molecule has 2 aromatic rings. The molecule has 0 spiro atoms. The largest absolute Gasteiger partial charge is 0.449 e. The Hall–Kier alpha value is -2.38. The lowest BCUT2D eigenvalue weighted by atomic mass is 10.1. The van der Waals surface area contributed by atoms with Crippen molar-refractivity contribution in [3.8, 4) is 0 Å². The van der Waals surface area contributed by atoms with Crippen LogP contribution in [0.2, 0.25) is 5.02 Å². The highest BCUT2D eigenvalue weighted by Crippen LogP contribution is 2.20. The summed E-state index contributed by atoms with van der Waals surface area (Å²) in [6.45, 7) is 1.45. The van der Waals surface area contributed by atoms with Gasteiger partial charge in [0.2, 0.25) is 0 Å². The number of amides is 1. The molecule has 0 aliphatic rings. The van der Waals surface area contributed by atoms with Crippen molar-refractivity contribution < 1.29 is 22.7 Å². The summed E-state index contributed by atoms with van der Waals surface area (Å²) in [5.41, 5.74) is 1.21. The Labute approximate surface area is 157 Å². The van der Waals surface area contributed by atoms with Gasteiger partial charge in [0.05, 0.1) is 22.0 Å². The van der Waals surface area contributed by atoms with Crippen molar-refractivity contribution in [3.05, 3.63) is 64.7 Å². The molecule has 0 heterocycles. The first-order valence-electron chi connectivity index (χ1n) is 7.69. The summed E-state index contributed by atoms with van der Waals surface area (Å²) in [4.78, 5) is 24.3. The summed E-state index contributed by atoms with van der Waals surface area (Å²) in [6, 6.07) is 12.7. The van der Waals surface area contributed by atoms with E-state index in [1.807, 2.05) is 0 Å². The molecule has 0 bridgehead atoms. The Kier molecular flexibility index (Phi) is 6.39. The van der Waals surface area contributed by atoms with E-state index in [9.17, 15) is 18.0 Å². The maximum absolute atomic E-state index is 12.1. The smallest absolute Gasteiger partial charge is 0.338 e. The first-order valence-corrected chi connectivity index (χ1v) is 10.1. The van der Waals surface area contributed by atoms with Crippen molar-refractivity contribution in [2.24, 2.45) is 0 Å². The molecule has 0 fully saturated rings. The number of ether oxygens (including phenoxy) is 1. The lowest BCUT2D eigenvalue weighted by Gasteiger charge is -2.14. The van der Waals surface area contributed by atoms with Crippen LogP contribution >= 0.6 is 11.6 Å². The number of rotatable bonds is 6. The minimum atomic E-state index is -3.15. The van der Waals surface area contributed by atoms with Crippen molar-refractivity contribution in [3.63, 3.8) is 0 Å². The zero-order chi connectivity index (χ0) is 19.3. The Morgan fingerprint density at radius 1 is 1.12 bits per heavy atom. The van der Waals surface area contributed by atoms with Crippen molar-refractivity contribution in [2.45, 2.75) is 18.8 Å². The zero-order valence-corrected chi connectivity index (χ0v) is 15.8. The number of halogens is 1. The van der Waals surface area contributed by atoms with Crippen LogP contribution in [0.25, 0.3) is 0 Å². The third-order valence-electron chi connectivity index (χ3n) is 3.40. The van der Waals surface area contributed by atoms with Crippen molar-refractivity contribution in [1.82, 2.24) is 0 Å². The molecule has 0 saturated carbocycles. The van der Waals surface area contributed by atoms with Crippen molar-refractivity contribution >= 4 is 39.0 Å². The van der Waals surface area contributed by atoms with Crippen LogP contribution in [0, 0.1) is 0 Å². The third kappa shape index (κ3) is 5.86. The van der Waals surface area contributed by atoms with E-state index in [1.165, 1.54) is 31.2 Å². The molecule has 0 aromatic heterocycles. The number of para-hydroxylation sites is 1. The second-order valence-electron chi connectivity index (χ2n) is 5.78. The maximum atomic E-state index is 12.1. The Morgan fingerprint density at radius 2 is 1.73 bits per heavy atom. The van der Waals surface area contributed by atoms with E-state index >= 15 is 0 Å². The van der Waals surface area contributed by atoms with Crippen LogP contribution in [-0.2, 0) is 25.1 Å². The van der Waals surface area contributed by atoms with E-state index < -0.39 is 27.8 Å². The van der Waals surface area contributed by atoms with E-state index in [0.29, 0.717) is 16.3 Å². The molecule has 26 heavy (non-hydrogen) atoms. The van der Waals surface area contributed by atoms with Crippen LogP contribution in [0.15, 0.2) is 48.5 Å². The molecule has 0 radical (unpaired) electrons. The molecule has 1 atom stereocenters. The SMILES string of the molecule is C[C@@H](OC(=O)c1ccc(CS(C)(=O)=O)cc1)C(=O)Nc1ccccc1Cl. The van der Waals surface area contributed by atoms with Gasteiger partial charge in [0.25, 0.3) is 5.91 Å².